The lowest BCUT2D eigenvalue weighted by atomic mass is 9.88. The van der Waals surface area contributed by atoms with Crippen LogP contribution < -0.4 is 4.57 Å². The minimum atomic E-state index is 0.0240. The Balaban J connectivity index is 1.72. The molecule has 3 nitrogen and oxygen atoms in total. The Hall–Kier alpha value is -3.76. The Bertz CT molecular complexity index is 1900. The number of rotatable bonds is 5. The van der Waals surface area contributed by atoms with Crippen LogP contribution in [0.1, 0.15) is 82.0 Å². The molecule has 214 valence electrons. The summed E-state index contributed by atoms with van der Waals surface area (Å²) < 4.78 is 6.17. The van der Waals surface area contributed by atoms with Crippen LogP contribution in [0, 0.1) is 6.92 Å². The van der Waals surface area contributed by atoms with Crippen LogP contribution in [0.4, 0.5) is 0 Å². The number of nitrogens with zero attached hydrogens (tertiary/aromatic N) is 3. The minimum Gasteiger partial charge on any atom is -0.241 e. The molecule has 0 atom stereocenters. The number of para-hydroxylation sites is 2. The molecule has 0 saturated heterocycles. The molecule has 2 aromatic heterocycles. The monoisotopic (exact) mass is 572 g/mol. The van der Waals surface area contributed by atoms with E-state index in [2.05, 4.69) is 150 Å². The number of fused-ring (bicyclic) bond motifs is 2. The molecule has 0 aliphatic carbocycles. The van der Waals surface area contributed by atoms with Crippen LogP contribution in [0.5, 0.6) is 0 Å². The van der Waals surface area contributed by atoms with Crippen LogP contribution in [-0.4, -0.2) is 9.55 Å². The van der Waals surface area contributed by atoms with Crippen molar-refractivity contribution in [1.82, 2.24) is 9.55 Å². The van der Waals surface area contributed by atoms with Crippen molar-refractivity contribution in [1.29, 1.82) is 0 Å². The number of benzene rings is 4. The number of hydrogen-bond donors (Lipinski definition) is 0. The van der Waals surface area contributed by atoms with Crippen molar-refractivity contribution >= 4 is 32.6 Å². The smallest absolute Gasteiger partial charge is 0.241 e. The molecular formula is C38H42N3S+. The molecule has 2 heterocycles. The van der Waals surface area contributed by atoms with Crippen molar-refractivity contribution in [2.24, 2.45) is 7.05 Å². The number of hydrogen-bond acceptors (Lipinski definition) is 2. The molecule has 4 aromatic carbocycles. The fraction of sp³-hybridized carbons (Fsp3) is 0.316. The summed E-state index contributed by atoms with van der Waals surface area (Å²) in [7, 11) is 2.21. The van der Waals surface area contributed by atoms with Gasteiger partial charge in [0.25, 0.3) is 5.82 Å². The normalized spacial score (nSPS) is 12.4. The fourth-order valence-corrected chi connectivity index (χ4v) is 7.20. The summed E-state index contributed by atoms with van der Waals surface area (Å²) in [5.74, 6) is 1.88. The molecular weight excluding hydrogens is 531 g/mol. The molecule has 0 bridgehead atoms. The van der Waals surface area contributed by atoms with Gasteiger partial charge in [0.05, 0.1) is 27.8 Å². The van der Waals surface area contributed by atoms with E-state index in [0.29, 0.717) is 11.8 Å². The van der Waals surface area contributed by atoms with Crippen LogP contribution in [0.25, 0.3) is 49.5 Å². The van der Waals surface area contributed by atoms with E-state index in [9.17, 15) is 0 Å². The maximum Gasteiger partial charge on any atom is 0.295 e. The molecule has 0 amide bonds. The molecule has 0 aliphatic rings. The van der Waals surface area contributed by atoms with Crippen LogP contribution in [-0.2, 0) is 12.5 Å². The van der Waals surface area contributed by atoms with Crippen molar-refractivity contribution in [2.75, 3.05) is 0 Å². The second-order valence-electron chi connectivity index (χ2n) is 13.3. The largest absolute Gasteiger partial charge is 0.295 e. The van der Waals surface area contributed by atoms with Gasteiger partial charge >= 0.3 is 0 Å². The van der Waals surface area contributed by atoms with Gasteiger partial charge in [0.2, 0.25) is 0 Å². The first-order valence-corrected chi connectivity index (χ1v) is 15.9. The van der Waals surface area contributed by atoms with Gasteiger partial charge < -0.3 is 0 Å². The van der Waals surface area contributed by atoms with Crippen LogP contribution in [0.15, 0.2) is 78.9 Å². The van der Waals surface area contributed by atoms with Gasteiger partial charge in [-0.3, -0.25) is 0 Å². The quantitative estimate of drug-likeness (QED) is 0.188. The zero-order valence-electron chi connectivity index (χ0n) is 26.4. The van der Waals surface area contributed by atoms with E-state index >= 15 is 0 Å². The van der Waals surface area contributed by atoms with E-state index in [1.807, 2.05) is 11.3 Å². The van der Waals surface area contributed by atoms with E-state index < -0.39 is 0 Å². The molecule has 0 saturated carbocycles. The summed E-state index contributed by atoms with van der Waals surface area (Å²) in [5.41, 5.74) is 12.6. The van der Waals surface area contributed by atoms with Gasteiger partial charge in [0.1, 0.15) is 5.69 Å². The molecule has 6 rings (SSSR count). The lowest BCUT2D eigenvalue weighted by Crippen LogP contribution is -2.30. The van der Waals surface area contributed by atoms with Gasteiger partial charge in [-0.15, -0.1) is 11.3 Å². The van der Waals surface area contributed by atoms with Gasteiger partial charge in [0, 0.05) is 16.5 Å². The second kappa shape index (κ2) is 10.5. The van der Waals surface area contributed by atoms with Gasteiger partial charge in [-0.1, -0.05) is 90.9 Å². The van der Waals surface area contributed by atoms with Crippen molar-refractivity contribution in [2.45, 2.75) is 72.6 Å². The standard InChI is InChI=1S/C38H42N3S/c1-23(2)28-20-27(26-15-11-10-12-16-26)21-29(24(3)4)35(28)41-33-18-14-13-17-32(33)40(9)36(41)30-22-31-34(19-25(30)5)42-37(39-31)38(6,7)8/h10-24H,1-9H3/q+1. The number of imidazole rings is 1. The number of thiazole rings is 1. The van der Waals surface area contributed by atoms with Crippen LogP contribution >= 0.6 is 11.3 Å². The maximum absolute atomic E-state index is 5.13. The Kier molecular flexibility index (Phi) is 7.09. The first-order valence-electron chi connectivity index (χ1n) is 15.1. The summed E-state index contributed by atoms with van der Waals surface area (Å²) in [4.78, 5) is 5.13. The summed E-state index contributed by atoms with van der Waals surface area (Å²) >= 11 is 1.82. The minimum absolute atomic E-state index is 0.0240. The van der Waals surface area contributed by atoms with Gasteiger partial charge in [-0.25, -0.2) is 9.55 Å². The van der Waals surface area contributed by atoms with E-state index in [4.69, 9.17) is 4.98 Å². The summed E-state index contributed by atoms with van der Waals surface area (Å²) in [6, 6.07) is 29.1. The molecule has 0 fully saturated rings. The van der Waals surface area contributed by atoms with Crippen molar-refractivity contribution < 1.29 is 4.57 Å². The van der Waals surface area contributed by atoms with Crippen molar-refractivity contribution in [3.8, 4) is 28.2 Å². The summed E-state index contributed by atoms with van der Waals surface area (Å²) in [6.07, 6.45) is 0. The molecule has 42 heavy (non-hydrogen) atoms. The average Bonchev–Trinajstić information content (AvgIpc) is 3.50. The third-order valence-corrected chi connectivity index (χ3v) is 9.82. The van der Waals surface area contributed by atoms with E-state index in [1.54, 1.807) is 0 Å². The third-order valence-electron chi connectivity index (χ3n) is 8.37. The molecule has 0 unspecified atom stereocenters. The maximum atomic E-state index is 5.13. The van der Waals surface area contributed by atoms with Crippen molar-refractivity contribution in [3.63, 3.8) is 0 Å². The van der Waals surface area contributed by atoms with Gasteiger partial charge in [-0.2, -0.15) is 4.57 Å². The SMILES string of the molecule is Cc1cc2sc(C(C)(C)C)nc2cc1-c1n(-c2c(C(C)C)cc(-c3ccccc3)cc2C(C)C)c2ccccc2[n+]1C. The fourth-order valence-electron chi connectivity index (χ4n) is 6.10. The molecule has 4 heteroatoms. The predicted molar refractivity (Wildman–Crippen MR) is 180 cm³/mol. The molecule has 0 N–H and O–H groups in total. The zero-order chi connectivity index (χ0) is 29.9. The highest BCUT2D eigenvalue weighted by Gasteiger charge is 2.32. The Morgan fingerprint density at radius 3 is 2.02 bits per heavy atom. The van der Waals surface area contributed by atoms with Gasteiger partial charge in [-0.05, 0) is 71.8 Å². The van der Waals surface area contributed by atoms with Crippen LogP contribution in [0.3, 0.4) is 0 Å². The van der Waals surface area contributed by atoms with Crippen LogP contribution in [0.2, 0.25) is 0 Å². The highest BCUT2D eigenvalue weighted by Crippen LogP contribution is 2.41. The highest BCUT2D eigenvalue weighted by atomic mass is 32.1. The topological polar surface area (TPSA) is 21.7 Å². The molecule has 0 spiro atoms. The van der Waals surface area contributed by atoms with E-state index in [0.717, 1.165) is 5.52 Å². The average molecular weight is 573 g/mol. The zero-order valence-corrected chi connectivity index (χ0v) is 27.2. The number of aromatic nitrogens is 3. The van der Waals surface area contributed by atoms with E-state index in [-0.39, 0.29) is 5.41 Å². The first kappa shape index (κ1) is 28.4. The highest BCUT2D eigenvalue weighted by molar-refractivity contribution is 7.18. The Morgan fingerprint density at radius 1 is 0.786 bits per heavy atom. The number of aryl methyl sites for hydroxylation is 2. The molecule has 0 radical (unpaired) electrons. The lowest BCUT2D eigenvalue weighted by Gasteiger charge is -2.21. The molecule has 0 aliphatic heterocycles. The summed E-state index contributed by atoms with van der Waals surface area (Å²) in [5, 5.41) is 1.18. The lowest BCUT2D eigenvalue weighted by molar-refractivity contribution is -0.633. The van der Waals surface area contributed by atoms with E-state index in [1.165, 1.54) is 65.6 Å². The molecule has 6 aromatic rings. The third kappa shape index (κ3) is 4.76. The Morgan fingerprint density at radius 2 is 1.40 bits per heavy atom. The predicted octanol–water partition coefficient (Wildman–Crippen LogP) is 10.3. The Labute approximate surface area is 254 Å². The van der Waals surface area contributed by atoms with Crippen molar-refractivity contribution in [3.05, 3.63) is 101 Å². The second-order valence-corrected chi connectivity index (χ2v) is 14.3. The summed E-state index contributed by atoms with van der Waals surface area (Å²) in [6.45, 7) is 18.3. The van der Waals surface area contributed by atoms with Gasteiger partial charge in [0.15, 0.2) is 11.0 Å². The first-order chi connectivity index (χ1) is 20.0.